The average molecular weight is 809 g/mol. The Labute approximate surface area is 344 Å². The molecule has 0 bridgehead atoms. The van der Waals surface area contributed by atoms with Gasteiger partial charge in [-0.25, -0.2) is 4.79 Å². The van der Waals surface area contributed by atoms with Crippen molar-refractivity contribution in [2.45, 2.75) is 156 Å². The van der Waals surface area contributed by atoms with Gasteiger partial charge in [-0.3, -0.25) is 28.8 Å². The predicted molar refractivity (Wildman–Crippen MR) is 220 cm³/mol. The summed E-state index contributed by atoms with van der Waals surface area (Å²) in [4.78, 5) is 105. The van der Waals surface area contributed by atoms with Crippen LogP contribution in [-0.4, -0.2) is 119 Å². The first-order chi connectivity index (χ1) is 27.4. The molecule has 3 aliphatic heterocycles. The number of fused-ring (bicyclic) bond motifs is 2. The minimum Gasteiger partial charge on any atom is -0.450 e. The zero-order valence-corrected chi connectivity index (χ0v) is 36.1. The third kappa shape index (κ3) is 11.8. The number of esters is 1. The van der Waals surface area contributed by atoms with Crippen molar-refractivity contribution < 1.29 is 38.3 Å². The normalized spacial score (nSPS) is 27.9. The Morgan fingerprint density at radius 1 is 0.655 bits per heavy atom. The van der Waals surface area contributed by atoms with E-state index in [-0.39, 0.29) is 56.0 Å². The van der Waals surface area contributed by atoms with E-state index in [1.807, 2.05) is 85.7 Å². The number of amides is 6. The highest BCUT2D eigenvalue weighted by Crippen LogP contribution is 2.26. The molecule has 3 heterocycles. The lowest BCUT2D eigenvalue weighted by Gasteiger charge is -2.35. The van der Waals surface area contributed by atoms with E-state index in [0.29, 0.717) is 38.5 Å². The highest BCUT2D eigenvalue weighted by molar-refractivity contribution is 5.98. The van der Waals surface area contributed by atoms with Crippen LogP contribution in [0.5, 0.6) is 0 Å². The van der Waals surface area contributed by atoms with E-state index in [0.717, 1.165) is 5.56 Å². The second-order valence-electron chi connectivity index (χ2n) is 17.8. The van der Waals surface area contributed by atoms with Crippen molar-refractivity contribution in [2.75, 3.05) is 20.1 Å². The fourth-order valence-electron chi connectivity index (χ4n) is 8.32. The Bertz CT molecular complexity index is 1620. The van der Waals surface area contributed by atoms with Crippen molar-refractivity contribution in [1.29, 1.82) is 0 Å². The first-order valence-electron chi connectivity index (χ1n) is 21.5. The Balaban J connectivity index is 1.82. The molecule has 1 aromatic rings. The maximum Gasteiger partial charge on any atom is 0.329 e. The fourth-order valence-corrected chi connectivity index (χ4v) is 8.32. The third-order valence-electron chi connectivity index (χ3n) is 11.7. The summed E-state index contributed by atoms with van der Waals surface area (Å²) in [5, 5.41) is 8.78. The van der Waals surface area contributed by atoms with Gasteiger partial charge in [0, 0.05) is 26.6 Å². The summed E-state index contributed by atoms with van der Waals surface area (Å²) >= 11 is 0. The smallest absolute Gasteiger partial charge is 0.329 e. The molecule has 0 saturated carbocycles. The molecular formula is C44H68N6O8. The van der Waals surface area contributed by atoms with E-state index in [9.17, 15) is 33.6 Å². The Kier molecular flexibility index (Phi) is 16.7. The monoisotopic (exact) mass is 809 g/mol. The Morgan fingerprint density at radius 3 is 1.79 bits per heavy atom. The van der Waals surface area contributed by atoms with E-state index >= 15 is 0 Å². The van der Waals surface area contributed by atoms with Crippen LogP contribution in [0.1, 0.15) is 112 Å². The molecule has 14 heteroatoms. The zero-order chi connectivity index (χ0) is 42.8. The molecule has 322 valence electrons. The van der Waals surface area contributed by atoms with Crippen molar-refractivity contribution in [3.8, 4) is 0 Å². The minimum atomic E-state index is -1.33. The first-order valence-corrected chi connectivity index (χ1v) is 21.5. The van der Waals surface area contributed by atoms with Gasteiger partial charge in [-0.2, -0.15) is 0 Å². The number of nitrogens with one attached hydrogen (secondary N) is 3. The quantitative estimate of drug-likeness (QED) is 0.301. The number of benzene rings is 1. The molecule has 3 aliphatic rings. The number of rotatable bonds is 10. The molecule has 3 saturated heterocycles. The molecule has 0 aromatic heterocycles. The molecule has 58 heavy (non-hydrogen) atoms. The van der Waals surface area contributed by atoms with Crippen LogP contribution in [0.2, 0.25) is 0 Å². The predicted octanol–water partition coefficient (Wildman–Crippen LogP) is 3.60. The van der Waals surface area contributed by atoms with Crippen molar-refractivity contribution in [3.05, 3.63) is 35.9 Å². The lowest BCUT2D eigenvalue weighted by Crippen LogP contribution is -2.60. The van der Waals surface area contributed by atoms with Crippen LogP contribution in [0.25, 0.3) is 0 Å². The first kappa shape index (κ1) is 46.2. The van der Waals surface area contributed by atoms with E-state index in [2.05, 4.69) is 16.0 Å². The molecule has 0 spiro atoms. The average Bonchev–Trinajstić information content (AvgIpc) is 3.87. The Hall–Kier alpha value is -4.49. The van der Waals surface area contributed by atoms with Crippen LogP contribution in [0.3, 0.4) is 0 Å². The second-order valence-corrected chi connectivity index (χ2v) is 17.8. The summed E-state index contributed by atoms with van der Waals surface area (Å²) in [7, 11) is 1.56. The van der Waals surface area contributed by atoms with Crippen molar-refractivity contribution in [3.63, 3.8) is 0 Å². The summed E-state index contributed by atoms with van der Waals surface area (Å²) < 4.78 is 6.03. The summed E-state index contributed by atoms with van der Waals surface area (Å²) in [6, 6.07) is 3.23. The fraction of sp³-hybridized carbons (Fsp3) is 0.705. The van der Waals surface area contributed by atoms with Crippen molar-refractivity contribution in [2.24, 2.45) is 23.7 Å². The molecule has 3 fully saturated rings. The van der Waals surface area contributed by atoms with Gasteiger partial charge in [-0.1, -0.05) is 92.1 Å². The van der Waals surface area contributed by atoms with Crippen LogP contribution in [0.15, 0.2) is 30.3 Å². The standard InChI is InChI=1S/C44H68N6O8/c1-10-29(8)37-43(56)50-21-15-19-34(50)44(57)58-36(25-30-16-12-11-13-17-30)40(53)46-32(23-27(4)5)41(54)49-20-14-18-33(49)42(55)48(9)35(24-28(6)7)39(52)45-31(22-26(2)3)38(51)47-37/h11-13,16-17,26-29,31-37H,10,14-15,18-25H2,1-9H3,(H,45,52)(H,46,53)(H,47,51)/t29-,31+,32-,33-,34-,35+,36-,37+/m0/s1. The number of hydrogen-bond acceptors (Lipinski definition) is 8. The molecule has 4 rings (SSSR count). The summed E-state index contributed by atoms with van der Waals surface area (Å²) in [6.07, 6.45) is 1.83. The van der Waals surface area contributed by atoms with Gasteiger partial charge in [0.15, 0.2) is 6.10 Å². The van der Waals surface area contributed by atoms with Crippen LogP contribution in [0, 0.1) is 23.7 Å². The van der Waals surface area contributed by atoms with Gasteiger partial charge in [-0.05, 0) is 74.2 Å². The topological polar surface area (TPSA) is 175 Å². The van der Waals surface area contributed by atoms with Crippen molar-refractivity contribution in [1.82, 2.24) is 30.7 Å². The highest BCUT2D eigenvalue weighted by atomic mass is 16.5. The number of ether oxygens (including phenoxy) is 1. The zero-order valence-electron chi connectivity index (χ0n) is 36.1. The summed E-state index contributed by atoms with van der Waals surface area (Å²) in [5.41, 5.74) is 0.731. The summed E-state index contributed by atoms with van der Waals surface area (Å²) in [5.74, 6) is -4.09. The molecule has 6 amide bonds. The molecule has 0 aliphatic carbocycles. The van der Waals surface area contributed by atoms with Gasteiger partial charge < -0.3 is 35.4 Å². The maximum absolute atomic E-state index is 14.5. The molecule has 0 unspecified atom stereocenters. The van der Waals surface area contributed by atoms with Crippen LogP contribution >= 0.6 is 0 Å². The maximum atomic E-state index is 14.5. The number of cyclic esters (lactones) is 1. The van der Waals surface area contributed by atoms with Crippen LogP contribution in [0.4, 0.5) is 0 Å². The second kappa shape index (κ2) is 21.0. The van der Waals surface area contributed by atoms with Gasteiger partial charge in [0.05, 0.1) is 0 Å². The number of hydrogen-bond donors (Lipinski definition) is 3. The summed E-state index contributed by atoms with van der Waals surface area (Å²) in [6.45, 7) is 15.9. The van der Waals surface area contributed by atoms with Gasteiger partial charge in [0.25, 0.3) is 5.91 Å². The number of carbonyl (C=O) groups excluding carboxylic acids is 7. The lowest BCUT2D eigenvalue weighted by atomic mass is 9.95. The number of nitrogens with zero attached hydrogens (tertiary/aromatic N) is 3. The molecular weight excluding hydrogens is 741 g/mol. The lowest BCUT2D eigenvalue weighted by molar-refractivity contribution is -0.163. The van der Waals surface area contributed by atoms with E-state index < -0.39 is 83.8 Å². The minimum absolute atomic E-state index is 0.000579. The van der Waals surface area contributed by atoms with E-state index in [1.54, 1.807) is 7.05 Å². The van der Waals surface area contributed by atoms with Gasteiger partial charge in [0.1, 0.15) is 36.3 Å². The van der Waals surface area contributed by atoms with Gasteiger partial charge in [0.2, 0.25) is 29.5 Å². The SMILES string of the molecule is CC[C@H](C)[C@H]1NC(=O)[C@@H](CC(C)C)NC(=O)[C@@H](CC(C)C)N(C)C(=O)[C@@H]2CCCN2C(=O)[C@H](CC(C)C)NC(=O)[C@H](Cc2ccccc2)OC(=O)[C@@H]2CCCN2C1=O. The van der Waals surface area contributed by atoms with E-state index in [4.69, 9.17) is 4.74 Å². The molecule has 14 nitrogen and oxygen atoms in total. The van der Waals surface area contributed by atoms with E-state index in [1.165, 1.54) is 14.7 Å². The van der Waals surface area contributed by atoms with Crippen LogP contribution in [-0.2, 0) is 44.7 Å². The highest BCUT2D eigenvalue weighted by Gasteiger charge is 2.45. The molecule has 1 aromatic carbocycles. The third-order valence-corrected chi connectivity index (χ3v) is 11.7. The van der Waals surface area contributed by atoms with Crippen LogP contribution < -0.4 is 16.0 Å². The number of carbonyl (C=O) groups is 7. The largest absolute Gasteiger partial charge is 0.450 e. The molecule has 3 N–H and O–H groups in total. The Morgan fingerprint density at radius 2 is 1.21 bits per heavy atom. The van der Waals surface area contributed by atoms with Crippen molar-refractivity contribution >= 4 is 41.4 Å². The number of likely N-dealkylation sites (N-methyl/N-ethyl adjacent to an activating group) is 1. The molecule has 8 atom stereocenters. The molecule has 0 radical (unpaired) electrons. The van der Waals surface area contributed by atoms with Gasteiger partial charge >= 0.3 is 5.97 Å². The van der Waals surface area contributed by atoms with Gasteiger partial charge in [-0.15, -0.1) is 0 Å².